The lowest BCUT2D eigenvalue weighted by Gasteiger charge is -2.37. The van der Waals surface area contributed by atoms with Crippen molar-refractivity contribution in [2.45, 2.75) is 24.4 Å². The molecule has 0 amide bonds. The van der Waals surface area contributed by atoms with Crippen molar-refractivity contribution in [3.8, 4) is 5.69 Å². The Balaban J connectivity index is 1.35. The van der Waals surface area contributed by atoms with Gasteiger partial charge in [-0.15, -0.1) is 0 Å². The minimum absolute atomic E-state index is 0.108. The van der Waals surface area contributed by atoms with E-state index in [9.17, 15) is 22.7 Å². The number of aryl methyl sites for hydroxylation is 1. The molecule has 1 saturated heterocycles. The summed E-state index contributed by atoms with van der Waals surface area (Å²) in [5, 5.41) is 17.5. The van der Waals surface area contributed by atoms with Crippen LogP contribution in [0, 0.1) is 0 Å². The summed E-state index contributed by atoms with van der Waals surface area (Å²) in [7, 11) is 1.67. The molecule has 6 aromatic rings. The van der Waals surface area contributed by atoms with E-state index < -0.39 is 23.6 Å². The molecule has 8 nitrogen and oxygen atoms in total. The summed E-state index contributed by atoms with van der Waals surface area (Å²) in [5.74, 6) is 0.573. The molecule has 2 aromatic carbocycles. The van der Waals surface area contributed by atoms with Crippen LogP contribution in [-0.4, -0.2) is 53.7 Å². The summed E-state index contributed by atoms with van der Waals surface area (Å²) < 4.78 is 57.3. The molecule has 1 N–H and O–H groups in total. The number of hydrogen-bond acceptors (Lipinski definition) is 6. The Bertz CT molecular complexity index is 2020. The van der Waals surface area contributed by atoms with E-state index in [1.54, 1.807) is 40.7 Å². The number of imidazole rings is 1. The number of fused-ring (bicyclic) bond motifs is 1. The molecule has 1 unspecified atom stereocenters. The number of anilines is 1. The maximum Gasteiger partial charge on any atom is 0.433 e. The highest BCUT2D eigenvalue weighted by Gasteiger charge is 2.39. The van der Waals surface area contributed by atoms with Gasteiger partial charge in [-0.3, -0.25) is 4.98 Å². The fourth-order valence-electron chi connectivity index (χ4n) is 5.83. The van der Waals surface area contributed by atoms with E-state index in [2.05, 4.69) is 15.1 Å². The lowest BCUT2D eigenvalue weighted by Crippen LogP contribution is -2.49. The minimum atomic E-state index is -4.64. The largest absolute Gasteiger partial charge is 0.433 e. The first kappa shape index (κ1) is 29.9. The van der Waals surface area contributed by atoms with Crippen LogP contribution in [0.4, 0.5) is 23.4 Å². The van der Waals surface area contributed by atoms with E-state index in [1.807, 2.05) is 41.4 Å². The van der Waals surface area contributed by atoms with Crippen LogP contribution >= 0.6 is 11.6 Å². The zero-order valence-electron chi connectivity index (χ0n) is 24.3. The molecule has 0 aliphatic carbocycles. The lowest BCUT2D eigenvalue weighted by molar-refractivity contribution is -0.141. The predicted molar refractivity (Wildman–Crippen MR) is 165 cm³/mol. The molecule has 0 saturated carbocycles. The van der Waals surface area contributed by atoms with Gasteiger partial charge in [0.1, 0.15) is 17.7 Å². The fourth-order valence-corrected chi connectivity index (χ4v) is 6.13. The number of rotatable bonds is 7. The maximum absolute atomic E-state index is 14.0. The van der Waals surface area contributed by atoms with Gasteiger partial charge >= 0.3 is 6.18 Å². The fraction of sp³-hybridized carbons (Fsp3) is 0.212. The molecule has 0 bridgehead atoms. The first-order valence-corrected chi connectivity index (χ1v) is 14.7. The summed E-state index contributed by atoms with van der Waals surface area (Å²) in [5.41, 5.74) is 0.742. The number of hydrogen-bond donors (Lipinski definition) is 1. The Morgan fingerprint density at radius 1 is 1.00 bits per heavy atom. The SMILES string of the molecule is Cn1cncc1C(O)(c1ccc(C(F)(F)F)nc1)c1ccc2nc(N3CC(F)C3)c(Cc3ccc(-n4cccn4)cc3)c(Cl)c2c1. The normalized spacial score (nSPS) is 15.2. The number of aromatic nitrogens is 6. The van der Waals surface area contributed by atoms with E-state index in [1.165, 1.54) is 18.6 Å². The molecular weight excluding hydrogens is 622 g/mol. The quantitative estimate of drug-likeness (QED) is 0.206. The van der Waals surface area contributed by atoms with Gasteiger partial charge in [-0.05, 0) is 47.5 Å². The molecule has 0 spiro atoms. The first-order chi connectivity index (χ1) is 22.0. The number of nitrogens with zero attached hydrogens (tertiary/aromatic N) is 7. The highest BCUT2D eigenvalue weighted by atomic mass is 35.5. The standard InChI is InChI=1S/C33H26ClF4N7O/c1-43-19-39-16-29(43)32(46,22-6-10-28(40-15-22)33(36,37)38)21-5-9-27-25(14-21)30(34)26(31(42-27)44-17-23(35)18-44)13-20-3-7-24(8-4-20)45-12-2-11-41-45/h2-12,14-16,19,23,46H,13,17-18H2,1H3. The maximum atomic E-state index is 14.0. The van der Waals surface area contributed by atoms with E-state index in [0.29, 0.717) is 45.0 Å². The van der Waals surface area contributed by atoms with Gasteiger partial charge in [0.05, 0.1) is 47.5 Å². The van der Waals surface area contributed by atoms with E-state index in [-0.39, 0.29) is 18.7 Å². The zero-order valence-corrected chi connectivity index (χ0v) is 25.1. The van der Waals surface area contributed by atoms with Gasteiger partial charge < -0.3 is 14.6 Å². The summed E-state index contributed by atoms with van der Waals surface area (Å²) in [6.45, 7) is 0.388. The van der Waals surface area contributed by atoms with Gasteiger partial charge in [-0.2, -0.15) is 18.3 Å². The van der Waals surface area contributed by atoms with Gasteiger partial charge in [0.25, 0.3) is 0 Å². The van der Waals surface area contributed by atoms with Gasteiger partial charge in [-0.1, -0.05) is 35.9 Å². The van der Waals surface area contributed by atoms with Crippen LogP contribution in [-0.2, 0) is 25.2 Å². The third-order valence-corrected chi connectivity index (χ3v) is 8.73. The van der Waals surface area contributed by atoms with Crippen molar-refractivity contribution in [1.82, 2.24) is 29.3 Å². The van der Waals surface area contributed by atoms with Crippen molar-refractivity contribution in [1.29, 1.82) is 0 Å². The van der Waals surface area contributed by atoms with E-state index in [0.717, 1.165) is 23.5 Å². The van der Waals surface area contributed by atoms with E-state index >= 15 is 0 Å². The molecule has 1 fully saturated rings. The molecule has 1 atom stereocenters. The minimum Gasteiger partial charge on any atom is -0.374 e. The summed E-state index contributed by atoms with van der Waals surface area (Å²) in [6, 6.07) is 16.7. The van der Waals surface area contributed by atoms with Crippen molar-refractivity contribution in [2.75, 3.05) is 18.0 Å². The third-order valence-electron chi connectivity index (χ3n) is 8.29. The molecule has 7 rings (SSSR count). The van der Waals surface area contributed by atoms with Crippen LogP contribution in [0.25, 0.3) is 16.6 Å². The second-order valence-electron chi connectivity index (χ2n) is 11.3. The second-order valence-corrected chi connectivity index (χ2v) is 11.7. The van der Waals surface area contributed by atoms with Crippen molar-refractivity contribution in [3.63, 3.8) is 0 Å². The smallest absolute Gasteiger partial charge is 0.374 e. The van der Waals surface area contributed by atoms with Crippen molar-refractivity contribution in [2.24, 2.45) is 7.05 Å². The molecule has 46 heavy (non-hydrogen) atoms. The Labute approximate surface area is 265 Å². The van der Waals surface area contributed by atoms with Crippen LogP contribution in [0.2, 0.25) is 5.02 Å². The average molecular weight is 648 g/mol. The molecule has 234 valence electrons. The monoisotopic (exact) mass is 647 g/mol. The van der Waals surface area contributed by atoms with E-state index in [4.69, 9.17) is 16.6 Å². The number of pyridine rings is 2. The summed E-state index contributed by atoms with van der Waals surface area (Å²) in [6.07, 6.45) is 2.27. The molecular formula is C33H26ClF4N7O. The molecule has 13 heteroatoms. The molecule has 1 aliphatic heterocycles. The van der Waals surface area contributed by atoms with Crippen molar-refractivity contribution in [3.05, 3.63) is 130 Å². The molecule has 0 radical (unpaired) electrons. The highest BCUT2D eigenvalue weighted by molar-refractivity contribution is 6.36. The second kappa shape index (κ2) is 11.2. The molecule has 4 aromatic heterocycles. The van der Waals surface area contributed by atoms with Gasteiger partial charge in [0.2, 0.25) is 0 Å². The predicted octanol–water partition coefficient (Wildman–Crippen LogP) is 6.25. The van der Waals surface area contributed by atoms with Crippen LogP contribution in [0.5, 0.6) is 0 Å². The van der Waals surface area contributed by atoms with Gasteiger partial charge in [0, 0.05) is 48.6 Å². The first-order valence-electron chi connectivity index (χ1n) is 14.4. The van der Waals surface area contributed by atoms with Crippen LogP contribution in [0.1, 0.15) is 33.6 Å². The Morgan fingerprint density at radius 2 is 1.76 bits per heavy atom. The lowest BCUT2D eigenvalue weighted by atomic mass is 9.83. The topological polar surface area (TPSA) is 84.9 Å². The van der Waals surface area contributed by atoms with Gasteiger partial charge in [-0.25, -0.2) is 19.0 Å². The zero-order chi connectivity index (χ0) is 32.2. The number of halogens is 5. The van der Waals surface area contributed by atoms with Crippen molar-refractivity contribution < 1.29 is 22.7 Å². The van der Waals surface area contributed by atoms with Crippen LogP contribution in [0.3, 0.4) is 0 Å². The summed E-state index contributed by atoms with van der Waals surface area (Å²) >= 11 is 7.15. The molecule has 5 heterocycles. The number of benzene rings is 2. The van der Waals surface area contributed by atoms with Crippen LogP contribution in [0.15, 0.2) is 91.8 Å². The number of aliphatic hydroxyl groups is 1. The number of alkyl halides is 4. The Morgan fingerprint density at radius 3 is 2.37 bits per heavy atom. The molecule has 1 aliphatic rings. The average Bonchev–Trinajstić information content (AvgIpc) is 3.73. The Hall–Kier alpha value is -4.81. The highest BCUT2D eigenvalue weighted by Crippen LogP contribution is 2.42. The Kier molecular flexibility index (Phi) is 7.28. The van der Waals surface area contributed by atoms with Crippen LogP contribution < -0.4 is 4.90 Å². The van der Waals surface area contributed by atoms with Crippen molar-refractivity contribution >= 4 is 28.3 Å². The third kappa shape index (κ3) is 5.17. The van der Waals surface area contributed by atoms with Gasteiger partial charge in [0.15, 0.2) is 5.60 Å². The summed E-state index contributed by atoms with van der Waals surface area (Å²) in [4.78, 5) is 14.5.